The van der Waals surface area contributed by atoms with Gasteiger partial charge in [-0.25, -0.2) is 9.97 Å². The molecule has 1 aromatic heterocycles. The first-order chi connectivity index (χ1) is 6.98. The van der Waals surface area contributed by atoms with Crippen LogP contribution in [0, 0.1) is 0 Å². The average Bonchev–Trinajstić information content (AvgIpc) is 2.15. The summed E-state index contributed by atoms with van der Waals surface area (Å²) < 4.78 is 30.5. The summed E-state index contributed by atoms with van der Waals surface area (Å²) in [6.07, 6.45) is 0. The molecule has 0 spiro atoms. The molecule has 5 nitrogen and oxygen atoms in total. The van der Waals surface area contributed by atoms with E-state index in [0.29, 0.717) is 11.0 Å². The van der Waals surface area contributed by atoms with Crippen molar-refractivity contribution < 1.29 is 33.3 Å². The minimum absolute atomic E-state index is 0. The Kier molecular flexibility index (Phi) is 3.94. The van der Waals surface area contributed by atoms with E-state index in [0.717, 1.165) is 0 Å². The van der Waals surface area contributed by atoms with Gasteiger partial charge >= 0.3 is 29.0 Å². The Morgan fingerprint density at radius 3 is 2.19 bits per heavy atom. The van der Waals surface area contributed by atoms with Gasteiger partial charge in [0.25, 0.3) is 0 Å². The second-order valence-electron chi connectivity index (χ2n) is 2.78. The molecular formula is C8H6ClLiN2O3S. The Hall–Kier alpha value is -0.643. The van der Waals surface area contributed by atoms with Gasteiger partial charge in [0.2, 0.25) is 5.03 Å². The van der Waals surface area contributed by atoms with Gasteiger partial charge in [-0.05, 0) is 12.1 Å². The van der Waals surface area contributed by atoms with Crippen molar-refractivity contribution in [3.63, 3.8) is 0 Å². The molecule has 0 saturated heterocycles. The molecule has 0 atom stereocenters. The third-order valence-electron chi connectivity index (χ3n) is 1.74. The Morgan fingerprint density at radius 2 is 1.69 bits per heavy atom. The number of halogens is 1. The largest absolute Gasteiger partial charge is 1.00 e. The van der Waals surface area contributed by atoms with Crippen LogP contribution in [0.25, 0.3) is 11.0 Å². The van der Waals surface area contributed by atoms with Gasteiger partial charge in [0, 0.05) is 0 Å². The van der Waals surface area contributed by atoms with Gasteiger partial charge in [-0.3, -0.25) is 4.55 Å². The van der Waals surface area contributed by atoms with Crippen molar-refractivity contribution in [3.8, 4) is 0 Å². The van der Waals surface area contributed by atoms with E-state index < -0.39 is 15.1 Å². The number of rotatable bonds is 1. The zero-order valence-electron chi connectivity index (χ0n) is 9.25. The molecule has 2 aromatic rings. The number of hydrogen-bond donors (Lipinski definition) is 1. The fourth-order valence-electron chi connectivity index (χ4n) is 1.13. The van der Waals surface area contributed by atoms with Gasteiger partial charge in [-0.1, -0.05) is 23.7 Å². The number of aromatic nitrogens is 2. The number of nitrogens with zero attached hydrogens (tertiary/aromatic N) is 2. The topological polar surface area (TPSA) is 80.2 Å². The molecule has 80 valence electrons. The van der Waals surface area contributed by atoms with Gasteiger partial charge in [-0.15, -0.1) is 0 Å². The van der Waals surface area contributed by atoms with Gasteiger partial charge in [0.05, 0.1) is 11.0 Å². The molecule has 0 aliphatic carbocycles. The summed E-state index contributed by atoms with van der Waals surface area (Å²) in [5, 5.41) is -0.959. The van der Waals surface area contributed by atoms with Gasteiger partial charge < -0.3 is 1.43 Å². The maximum atomic E-state index is 10.9. The molecular weight excluding hydrogens is 247 g/mol. The van der Waals surface area contributed by atoms with E-state index in [1.807, 2.05) is 0 Å². The first kappa shape index (κ1) is 13.4. The van der Waals surface area contributed by atoms with Crippen LogP contribution in [0.5, 0.6) is 0 Å². The zero-order valence-corrected chi connectivity index (χ0v) is 9.83. The summed E-state index contributed by atoms with van der Waals surface area (Å²) in [4.78, 5) is 7.52. The Labute approximate surface area is 110 Å². The van der Waals surface area contributed by atoms with Gasteiger partial charge in [-0.2, -0.15) is 8.42 Å². The molecule has 1 heterocycles. The van der Waals surface area contributed by atoms with E-state index in [4.69, 9.17) is 16.2 Å². The maximum Gasteiger partial charge on any atom is 1.00 e. The van der Waals surface area contributed by atoms with Crippen LogP contribution in [-0.4, -0.2) is 22.9 Å². The molecule has 16 heavy (non-hydrogen) atoms. The number of hydrogen-bond acceptors (Lipinski definition) is 4. The molecule has 2 rings (SSSR count). The van der Waals surface area contributed by atoms with Crippen molar-refractivity contribution >= 4 is 32.8 Å². The minimum Gasteiger partial charge on any atom is -1.00 e. The van der Waals surface area contributed by atoms with Crippen LogP contribution in [0.1, 0.15) is 1.43 Å². The quantitative estimate of drug-likeness (QED) is 0.501. The summed E-state index contributed by atoms with van der Waals surface area (Å²) >= 11 is 5.58. The molecule has 0 bridgehead atoms. The third kappa shape index (κ3) is 2.54. The summed E-state index contributed by atoms with van der Waals surface area (Å²) in [6, 6.07) is 6.62. The molecule has 1 aromatic carbocycles. The second kappa shape index (κ2) is 4.70. The van der Waals surface area contributed by atoms with Crippen molar-refractivity contribution in [2.24, 2.45) is 0 Å². The first-order valence-electron chi connectivity index (χ1n) is 3.88. The predicted molar refractivity (Wildman–Crippen MR) is 55.5 cm³/mol. The molecule has 0 unspecified atom stereocenters. The summed E-state index contributed by atoms with van der Waals surface area (Å²) in [5.74, 6) is 0. The van der Waals surface area contributed by atoms with Crippen LogP contribution in [0.4, 0.5) is 0 Å². The molecule has 0 aliphatic heterocycles. The van der Waals surface area contributed by atoms with E-state index in [9.17, 15) is 8.42 Å². The maximum absolute atomic E-state index is 10.9. The van der Waals surface area contributed by atoms with Gasteiger partial charge in [0.15, 0.2) is 5.15 Å². The number of para-hydroxylation sites is 2. The molecule has 0 amide bonds. The standard InChI is InChI=1S/C8H5ClN2O3S.Li.H/c9-7-8(15(12,13)14)11-6-4-2-1-3-5(6)10-7;;/h1-4H,(H,12,13,14);;/q;+1;-1. The number of fused-ring (bicyclic) bond motifs is 1. The third-order valence-corrected chi connectivity index (χ3v) is 2.89. The van der Waals surface area contributed by atoms with Crippen LogP contribution in [0.2, 0.25) is 5.15 Å². The van der Waals surface area contributed by atoms with Crippen LogP contribution in [-0.2, 0) is 10.1 Å². The Bertz CT molecular complexity index is 638. The normalized spacial score (nSPS) is 11.1. The summed E-state index contributed by atoms with van der Waals surface area (Å²) in [5.41, 5.74) is 0.824. The molecule has 0 radical (unpaired) electrons. The van der Waals surface area contributed by atoms with Crippen LogP contribution < -0.4 is 18.9 Å². The SMILES string of the molecule is O=S(=O)(O)c1nc2ccccc2nc1Cl.[H-].[Li+]. The fourth-order valence-corrected chi connectivity index (χ4v) is 2.02. The van der Waals surface area contributed by atoms with Crippen LogP contribution >= 0.6 is 11.6 Å². The first-order valence-corrected chi connectivity index (χ1v) is 5.70. The second-order valence-corrected chi connectivity index (χ2v) is 4.48. The average molecular weight is 253 g/mol. The number of benzene rings is 1. The minimum atomic E-state index is -4.43. The van der Waals surface area contributed by atoms with Crippen molar-refractivity contribution in [2.45, 2.75) is 5.03 Å². The summed E-state index contributed by atoms with van der Waals surface area (Å²) in [6.45, 7) is 0. The van der Waals surface area contributed by atoms with E-state index in [2.05, 4.69) is 9.97 Å². The van der Waals surface area contributed by atoms with E-state index in [1.54, 1.807) is 24.3 Å². The van der Waals surface area contributed by atoms with Crippen molar-refractivity contribution in [1.29, 1.82) is 0 Å². The fraction of sp³-hybridized carbons (Fsp3) is 0. The predicted octanol–water partition coefficient (Wildman–Crippen LogP) is -1.35. The Morgan fingerprint density at radius 1 is 1.19 bits per heavy atom. The molecule has 0 saturated carbocycles. The molecule has 8 heteroatoms. The molecule has 0 aliphatic rings. The van der Waals surface area contributed by atoms with Gasteiger partial charge in [0.1, 0.15) is 0 Å². The van der Waals surface area contributed by atoms with Crippen molar-refractivity contribution in [2.75, 3.05) is 0 Å². The summed E-state index contributed by atoms with van der Waals surface area (Å²) in [7, 11) is -4.43. The van der Waals surface area contributed by atoms with Crippen molar-refractivity contribution in [1.82, 2.24) is 9.97 Å². The van der Waals surface area contributed by atoms with Crippen LogP contribution in [0.15, 0.2) is 29.3 Å². The molecule has 1 N–H and O–H groups in total. The zero-order chi connectivity index (χ0) is 11.1. The van der Waals surface area contributed by atoms with E-state index >= 15 is 0 Å². The van der Waals surface area contributed by atoms with Crippen molar-refractivity contribution in [3.05, 3.63) is 29.4 Å². The van der Waals surface area contributed by atoms with E-state index in [-0.39, 0.29) is 25.4 Å². The Balaban J connectivity index is 0.00000128. The molecule has 0 fully saturated rings. The van der Waals surface area contributed by atoms with Crippen LogP contribution in [0.3, 0.4) is 0 Å². The smallest absolute Gasteiger partial charge is 1.00 e. The monoisotopic (exact) mass is 252 g/mol. The van der Waals surface area contributed by atoms with E-state index in [1.165, 1.54) is 0 Å².